The smallest absolute Gasteiger partial charge is 0.238 e. The summed E-state index contributed by atoms with van der Waals surface area (Å²) in [7, 11) is 0. The SMILES string of the molecule is O=C(NCCCCCc1cnc[nH]1)C1CNCCN1. The lowest BCUT2D eigenvalue weighted by Crippen LogP contribution is -2.55. The predicted octanol–water partition coefficient (Wildman–Crippen LogP) is -0.200. The molecule has 1 saturated heterocycles. The highest BCUT2D eigenvalue weighted by Crippen LogP contribution is 2.02. The van der Waals surface area contributed by atoms with E-state index in [0.717, 1.165) is 51.9 Å². The van der Waals surface area contributed by atoms with Gasteiger partial charge >= 0.3 is 0 Å². The first kappa shape index (κ1) is 14.0. The van der Waals surface area contributed by atoms with Crippen molar-refractivity contribution in [2.75, 3.05) is 26.2 Å². The number of carbonyl (C=O) groups excluding carboxylic acids is 1. The van der Waals surface area contributed by atoms with Crippen LogP contribution in [-0.4, -0.2) is 48.1 Å². The van der Waals surface area contributed by atoms with Crippen molar-refractivity contribution >= 4 is 5.91 Å². The van der Waals surface area contributed by atoms with E-state index in [1.54, 1.807) is 6.33 Å². The molecule has 1 aromatic heterocycles. The van der Waals surface area contributed by atoms with Gasteiger partial charge in [-0.1, -0.05) is 6.42 Å². The number of piperazine rings is 1. The minimum absolute atomic E-state index is 0.0706. The van der Waals surface area contributed by atoms with Gasteiger partial charge in [0.2, 0.25) is 5.91 Å². The zero-order valence-electron chi connectivity index (χ0n) is 11.2. The fourth-order valence-electron chi connectivity index (χ4n) is 2.21. The summed E-state index contributed by atoms with van der Waals surface area (Å²) in [5.41, 5.74) is 1.18. The second kappa shape index (κ2) is 7.91. The lowest BCUT2D eigenvalue weighted by Gasteiger charge is -2.23. The Morgan fingerprint density at radius 3 is 3.05 bits per heavy atom. The van der Waals surface area contributed by atoms with E-state index < -0.39 is 0 Å². The van der Waals surface area contributed by atoms with Crippen LogP contribution in [0.2, 0.25) is 0 Å². The molecule has 1 amide bonds. The Morgan fingerprint density at radius 2 is 2.32 bits per heavy atom. The molecule has 0 spiro atoms. The number of aromatic amines is 1. The summed E-state index contributed by atoms with van der Waals surface area (Å²) in [6.45, 7) is 3.30. The van der Waals surface area contributed by atoms with Crippen LogP contribution in [0.3, 0.4) is 0 Å². The van der Waals surface area contributed by atoms with Crippen LogP contribution in [0.15, 0.2) is 12.5 Å². The van der Waals surface area contributed by atoms with E-state index in [2.05, 4.69) is 25.9 Å². The number of unbranched alkanes of at least 4 members (excludes halogenated alkanes) is 2. The van der Waals surface area contributed by atoms with E-state index in [1.165, 1.54) is 5.69 Å². The van der Waals surface area contributed by atoms with E-state index in [4.69, 9.17) is 0 Å². The summed E-state index contributed by atoms with van der Waals surface area (Å²) in [5, 5.41) is 9.40. The number of rotatable bonds is 7. The van der Waals surface area contributed by atoms with E-state index in [-0.39, 0.29) is 11.9 Å². The molecule has 1 fully saturated rings. The average Bonchev–Trinajstić information content (AvgIpc) is 2.96. The largest absolute Gasteiger partial charge is 0.355 e. The summed E-state index contributed by atoms with van der Waals surface area (Å²) in [6, 6.07) is -0.0706. The Balaban J connectivity index is 1.48. The van der Waals surface area contributed by atoms with Crippen molar-refractivity contribution in [1.29, 1.82) is 0 Å². The maximum atomic E-state index is 11.8. The number of hydrogen-bond donors (Lipinski definition) is 4. The molecule has 0 aliphatic carbocycles. The summed E-state index contributed by atoms with van der Waals surface area (Å²) in [5.74, 6) is 0.112. The van der Waals surface area contributed by atoms with Gasteiger partial charge in [0.25, 0.3) is 0 Å². The van der Waals surface area contributed by atoms with Crippen molar-refractivity contribution in [2.45, 2.75) is 31.7 Å². The van der Waals surface area contributed by atoms with Gasteiger partial charge in [0, 0.05) is 38.1 Å². The lowest BCUT2D eigenvalue weighted by molar-refractivity contribution is -0.123. The first-order valence-electron chi connectivity index (χ1n) is 7.05. The van der Waals surface area contributed by atoms with E-state index >= 15 is 0 Å². The first-order valence-corrected chi connectivity index (χ1v) is 7.05. The third kappa shape index (κ3) is 5.00. The number of imidazole rings is 1. The van der Waals surface area contributed by atoms with E-state index in [0.29, 0.717) is 0 Å². The van der Waals surface area contributed by atoms with Crippen LogP contribution in [0.5, 0.6) is 0 Å². The number of hydrogen-bond acceptors (Lipinski definition) is 4. The number of nitrogens with zero attached hydrogens (tertiary/aromatic N) is 1. The van der Waals surface area contributed by atoms with Crippen LogP contribution in [-0.2, 0) is 11.2 Å². The molecule has 4 N–H and O–H groups in total. The van der Waals surface area contributed by atoms with Gasteiger partial charge in [-0.25, -0.2) is 4.98 Å². The van der Waals surface area contributed by atoms with Gasteiger partial charge in [-0.05, 0) is 19.3 Å². The minimum atomic E-state index is -0.0706. The molecule has 2 rings (SSSR count). The number of nitrogens with one attached hydrogen (secondary N) is 4. The monoisotopic (exact) mass is 265 g/mol. The summed E-state index contributed by atoms with van der Waals surface area (Å²) >= 11 is 0. The molecule has 6 nitrogen and oxygen atoms in total. The summed E-state index contributed by atoms with van der Waals surface area (Å²) in [4.78, 5) is 18.9. The van der Waals surface area contributed by atoms with Gasteiger partial charge in [0.15, 0.2) is 0 Å². The topological polar surface area (TPSA) is 81.8 Å². The van der Waals surface area contributed by atoms with E-state index in [1.807, 2.05) is 6.20 Å². The van der Waals surface area contributed by atoms with E-state index in [9.17, 15) is 4.79 Å². The highest BCUT2D eigenvalue weighted by molar-refractivity contribution is 5.82. The molecule has 19 heavy (non-hydrogen) atoms. The zero-order chi connectivity index (χ0) is 13.3. The molecule has 0 radical (unpaired) electrons. The number of H-pyrrole nitrogens is 1. The van der Waals surface area contributed by atoms with Crippen LogP contribution in [0.25, 0.3) is 0 Å². The van der Waals surface area contributed by atoms with Crippen LogP contribution >= 0.6 is 0 Å². The molecule has 2 heterocycles. The quantitative estimate of drug-likeness (QED) is 0.515. The van der Waals surface area contributed by atoms with Crippen molar-refractivity contribution < 1.29 is 4.79 Å². The van der Waals surface area contributed by atoms with Crippen molar-refractivity contribution in [3.05, 3.63) is 18.2 Å². The third-order valence-corrected chi connectivity index (χ3v) is 3.33. The number of amides is 1. The van der Waals surface area contributed by atoms with Crippen LogP contribution in [0.1, 0.15) is 25.0 Å². The Kier molecular flexibility index (Phi) is 5.84. The van der Waals surface area contributed by atoms with Gasteiger partial charge in [-0.3, -0.25) is 4.79 Å². The molecule has 0 bridgehead atoms. The van der Waals surface area contributed by atoms with Gasteiger partial charge < -0.3 is 20.9 Å². The summed E-state index contributed by atoms with van der Waals surface area (Å²) in [6.07, 6.45) is 7.88. The molecular formula is C13H23N5O. The standard InChI is InChI=1S/C13H23N5O/c19-13(12-9-14-6-7-16-12)17-5-3-1-2-4-11-8-15-10-18-11/h8,10,12,14,16H,1-7,9H2,(H,15,18)(H,17,19). The van der Waals surface area contributed by atoms with Gasteiger partial charge in [-0.2, -0.15) is 0 Å². The van der Waals surface area contributed by atoms with Gasteiger partial charge in [0.1, 0.15) is 0 Å². The second-order valence-electron chi connectivity index (χ2n) is 4.89. The maximum Gasteiger partial charge on any atom is 0.238 e. The average molecular weight is 265 g/mol. The number of carbonyl (C=O) groups is 1. The van der Waals surface area contributed by atoms with Crippen molar-refractivity contribution in [1.82, 2.24) is 25.9 Å². The predicted molar refractivity (Wildman–Crippen MR) is 73.8 cm³/mol. The van der Waals surface area contributed by atoms with Crippen molar-refractivity contribution in [3.8, 4) is 0 Å². The Morgan fingerprint density at radius 1 is 1.37 bits per heavy atom. The second-order valence-corrected chi connectivity index (χ2v) is 4.89. The molecular weight excluding hydrogens is 242 g/mol. The Hall–Kier alpha value is -1.40. The highest BCUT2D eigenvalue weighted by Gasteiger charge is 2.19. The number of aryl methyl sites for hydroxylation is 1. The normalized spacial score (nSPS) is 19.3. The third-order valence-electron chi connectivity index (χ3n) is 3.33. The molecule has 1 aliphatic heterocycles. The van der Waals surface area contributed by atoms with Gasteiger partial charge in [-0.15, -0.1) is 0 Å². The minimum Gasteiger partial charge on any atom is -0.355 e. The highest BCUT2D eigenvalue weighted by atomic mass is 16.2. The van der Waals surface area contributed by atoms with Crippen molar-refractivity contribution in [3.63, 3.8) is 0 Å². The Bertz CT molecular complexity index is 359. The van der Waals surface area contributed by atoms with Crippen LogP contribution in [0.4, 0.5) is 0 Å². The first-order chi connectivity index (χ1) is 9.36. The number of aromatic nitrogens is 2. The zero-order valence-corrected chi connectivity index (χ0v) is 11.2. The molecule has 0 aromatic carbocycles. The molecule has 1 unspecified atom stereocenters. The molecule has 106 valence electrons. The summed E-state index contributed by atoms with van der Waals surface area (Å²) < 4.78 is 0. The molecule has 0 saturated carbocycles. The Labute approximate surface area is 113 Å². The van der Waals surface area contributed by atoms with Gasteiger partial charge in [0.05, 0.1) is 12.4 Å². The molecule has 1 atom stereocenters. The van der Waals surface area contributed by atoms with Crippen LogP contribution < -0.4 is 16.0 Å². The molecule has 1 aliphatic rings. The lowest BCUT2D eigenvalue weighted by atomic mass is 10.1. The molecule has 6 heteroatoms. The van der Waals surface area contributed by atoms with Crippen molar-refractivity contribution in [2.24, 2.45) is 0 Å². The maximum absolute atomic E-state index is 11.8. The molecule has 1 aromatic rings. The fraction of sp³-hybridized carbons (Fsp3) is 0.692. The fourth-order valence-corrected chi connectivity index (χ4v) is 2.21. The van der Waals surface area contributed by atoms with Crippen LogP contribution in [0, 0.1) is 0 Å².